The van der Waals surface area contributed by atoms with E-state index < -0.39 is 18.3 Å². The standard InChI is InChI=1S/C28H37N3O6/c1-5-14-31(4)17-24-19(3)26(21-12-10-20(18-32)11-13-21)37-27(36-24)22-8-7-9-23(15-22)30-28(34)29-16-25(33)35-6-2/h5,7-13,15,19,24,26-27,32H,1,6,14,16-18H2,2-4H3,(H2,29,30,34). The topological polar surface area (TPSA) is 109 Å². The summed E-state index contributed by atoms with van der Waals surface area (Å²) in [5.74, 6) is -0.450. The molecule has 1 aliphatic heterocycles. The molecule has 4 atom stereocenters. The van der Waals surface area contributed by atoms with E-state index in [0.717, 1.165) is 23.2 Å². The van der Waals surface area contributed by atoms with E-state index in [2.05, 4.69) is 29.0 Å². The largest absolute Gasteiger partial charge is 0.465 e. The molecule has 37 heavy (non-hydrogen) atoms. The van der Waals surface area contributed by atoms with Gasteiger partial charge in [0.05, 0.1) is 25.4 Å². The smallest absolute Gasteiger partial charge is 0.325 e. The van der Waals surface area contributed by atoms with Gasteiger partial charge < -0.3 is 34.9 Å². The minimum Gasteiger partial charge on any atom is -0.465 e. The molecule has 0 aromatic heterocycles. The Morgan fingerprint density at radius 2 is 1.92 bits per heavy atom. The zero-order valence-electron chi connectivity index (χ0n) is 21.7. The zero-order valence-corrected chi connectivity index (χ0v) is 21.7. The number of carbonyl (C=O) groups excluding carboxylic acids is 2. The van der Waals surface area contributed by atoms with Crippen molar-refractivity contribution in [2.45, 2.75) is 39.0 Å². The number of nitrogens with one attached hydrogen (secondary N) is 2. The van der Waals surface area contributed by atoms with Gasteiger partial charge in [-0.15, -0.1) is 6.58 Å². The Bertz CT molecular complexity index is 1040. The van der Waals surface area contributed by atoms with Gasteiger partial charge in [-0.25, -0.2) is 4.79 Å². The normalized spacial score (nSPS) is 21.3. The van der Waals surface area contributed by atoms with Crippen LogP contribution in [-0.4, -0.2) is 61.4 Å². The lowest BCUT2D eigenvalue weighted by Crippen LogP contribution is -2.43. The van der Waals surface area contributed by atoms with Crippen LogP contribution in [0.3, 0.4) is 0 Å². The number of amides is 2. The molecule has 9 heteroatoms. The predicted molar refractivity (Wildman–Crippen MR) is 141 cm³/mol. The molecule has 0 bridgehead atoms. The maximum absolute atomic E-state index is 12.3. The second-order valence-corrected chi connectivity index (χ2v) is 9.07. The van der Waals surface area contributed by atoms with Crippen molar-refractivity contribution in [3.8, 4) is 0 Å². The van der Waals surface area contributed by atoms with Gasteiger partial charge in [-0.05, 0) is 37.2 Å². The third-order valence-corrected chi connectivity index (χ3v) is 6.17. The molecule has 1 aliphatic rings. The molecule has 3 N–H and O–H groups in total. The van der Waals surface area contributed by atoms with Gasteiger partial charge in [0, 0.05) is 30.3 Å². The van der Waals surface area contributed by atoms with Crippen molar-refractivity contribution in [3.63, 3.8) is 0 Å². The highest BCUT2D eigenvalue weighted by Crippen LogP contribution is 2.42. The molecule has 9 nitrogen and oxygen atoms in total. The molecular formula is C28H37N3O6. The number of rotatable bonds is 11. The van der Waals surface area contributed by atoms with Crippen LogP contribution in [0.5, 0.6) is 0 Å². The lowest BCUT2D eigenvalue weighted by Gasteiger charge is -2.42. The number of anilines is 1. The van der Waals surface area contributed by atoms with E-state index in [0.29, 0.717) is 12.2 Å². The molecule has 2 amide bonds. The number of likely N-dealkylation sites (N-methyl/N-ethyl adjacent to an activating group) is 1. The molecule has 0 aliphatic carbocycles. The Kier molecular flexibility index (Phi) is 10.6. The maximum atomic E-state index is 12.3. The Hall–Kier alpha value is -3.24. The SMILES string of the molecule is C=CCN(C)CC1OC(c2cccc(NC(=O)NCC(=O)OCC)c2)OC(c2ccc(CO)cc2)C1C. The highest BCUT2D eigenvalue weighted by molar-refractivity contribution is 5.91. The highest BCUT2D eigenvalue weighted by Gasteiger charge is 2.38. The third-order valence-electron chi connectivity index (χ3n) is 6.17. The Morgan fingerprint density at radius 1 is 1.16 bits per heavy atom. The molecular weight excluding hydrogens is 474 g/mol. The summed E-state index contributed by atoms with van der Waals surface area (Å²) in [6.45, 7) is 9.07. The fourth-order valence-corrected chi connectivity index (χ4v) is 4.23. The van der Waals surface area contributed by atoms with Crippen molar-refractivity contribution in [3.05, 3.63) is 77.9 Å². The van der Waals surface area contributed by atoms with Crippen LogP contribution in [0.15, 0.2) is 61.2 Å². The Balaban J connectivity index is 1.78. The van der Waals surface area contributed by atoms with Crippen LogP contribution in [0, 0.1) is 5.92 Å². The van der Waals surface area contributed by atoms with Crippen LogP contribution in [0.1, 0.15) is 42.9 Å². The molecule has 1 saturated heterocycles. The first-order valence-corrected chi connectivity index (χ1v) is 12.4. The fourth-order valence-electron chi connectivity index (χ4n) is 4.23. The maximum Gasteiger partial charge on any atom is 0.325 e. The fraction of sp³-hybridized carbons (Fsp3) is 0.429. The van der Waals surface area contributed by atoms with Crippen LogP contribution in [0.25, 0.3) is 0 Å². The number of carbonyl (C=O) groups is 2. The summed E-state index contributed by atoms with van der Waals surface area (Å²) in [6, 6.07) is 14.5. The van der Waals surface area contributed by atoms with Crippen LogP contribution in [0.4, 0.5) is 10.5 Å². The first kappa shape index (κ1) is 28.3. The number of urea groups is 1. The summed E-state index contributed by atoms with van der Waals surface area (Å²) in [7, 11) is 2.02. The summed E-state index contributed by atoms with van der Waals surface area (Å²) >= 11 is 0. The number of benzene rings is 2. The van der Waals surface area contributed by atoms with Gasteiger partial charge >= 0.3 is 12.0 Å². The van der Waals surface area contributed by atoms with E-state index >= 15 is 0 Å². The van der Waals surface area contributed by atoms with Crippen molar-refractivity contribution in [1.29, 1.82) is 0 Å². The summed E-state index contributed by atoms with van der Waals surface area (Å²) in [5, 5.41) is 14.6. The molecule has 2 aromatic carbocycles. The van der Waals surface area contributed by atoms with Gasteiger partial charge in [-0.1, -0.05) is 49.4 Å². The zero-order chi connectivity index (χ0) is 26.8. The van der Waals surface area contributed by atoms with Gasteiger partial charge in [-0.2, -0.15) is 0 Å². The van der Waals surface area contributed by atoms with E-state index in [1.54, 1.807) is 19.1 Å². The lowest BCUT2D eigenvalue weighted by atomic mass is 9.90. The predicted octanol–water partition coefficient (Wildman–Crippen LogP) is 3.77. The molecule has 200 valence electrons. The van der Waals surface area contributed by atoms with Crippen LogP contribution >= 0.6 is 0 Å². The quantitative estimate of drug-likeness (QED) is 0.311. The van der Waals surface area contributed by atoms with E-state index in [1.165, 1.54) is 0 Å². The van der Waals surface area contributed by atoms with Crippen molar-refractivity contribution < 1.29 is 28.9 Å². The van der Waals surface area contributed by atoms with Gasteiger partial charge in [0.25, 0.3) is 0 Å². The van der Waals surface area contributed by atoms with Gasteiger partial charge in [0.1, 0.15) is 6.54 Å². The first-order valence-electron chi connectivity index (χ1n) is 12.4. The van der Waals surface area contributed by atoms with E-state index in [1.807, 2.05) is 49.5 Å². The number of nitrogens with zero attached hydrogens (tertiary/aromatic N) is 1. The molecule has 0 saturated carbocycles. The summed E-state index contributed by atoms with van der Waals surface area (Å²) in [4.78, 5) is 25.9. The average Bonchev–Trinajstić information content (AvgIpc) is 2.89. The van der Waals surface area contributed by atoms with E-state index in [9.17, 15) is 14.7 Å². The lowest BCUT2D eigenvalue weighted by molar-refractivity contribution is -0.275. The number of hydrogen-bond acceptors (Lipinski definition) is 7. The van der Waals surface area contributed by atoms with Crippen molar-refractivity contribution in [2.24, 2.45) is 5.92 Å². The monoisotopic (exact) mass is 511 g/mol. The molecule has 2 aromatic rings. The molecule has 1 heterocycles. The van der Waals surface area contributed by atoms with Gasteiger partial charge in [-0.3, -0.25) is 4.79 Å². The van der Waals surface area contributed by atoms with Crippen molar-refractivity contribution in [2.75, 3.05) is 38.6 Å². The summed E-state index contributed by atoms with van der Waals surface area (Å²) < 4.78 is 17.7. The van der Waals surface area contributed by atoms with Crippen molar-refractivity contribution in [1.82, 2.24) is 10.2 Å². The van der Waals surface area contributed by atoms with E-state index in [4.69, 9.17) is 14.2 Å². The third kappa shape index (κ3) is 8.13. The van der Waals surface area contributed by atoms with Gasteiger partial charge in [0.2, 0.25) is 0 Å². The second kappa shape index (κ2) is 13.9. The Labute approximate surface area is 218 Å². The highest BCUT2D eigenvalue weighted by atomic mass is 16.7. The average molecular weight is 512 g/mol. The first-order chi connectivity index (χ1) is 17.8. The van der Waals surface area contributed by atoms with Gasteiger partial charge in [0.15, 0.2) is 6.29 Å². The van der Waals surface area contributed by atoms with Crippen LogP contribution < -0.4 is 10.6 Å². The number of hydrogen-bond donors (Lipinski definition) is 3. The van der Waals surface area contributed by atoms with E-state index in [-0.39, 0.29) is 37.9 Å². The number of aliphatic hydroxyl groups excluding tert-OH is 1. The minimum absolute atomic E-state index is 0.0186. The molecule has 0 radical (unpaired) electrons. The summed E-state index contributed by atoms with van der Waals surface area (Å²) in [5.41, 5.74) is 3.13. The Morgan fingerprint density at radius 3 is 2.59 bits per heavy atom. The number of ether oxygens (including phenoxy) is 3. The van der Waals surface area contributed by atoms with Crippen LogP contribution in [-0.2, 0) is 25.6 Å². The number of aliphatic hydroxyl groups is 1. The van der Waals surface area contributed by atoms with Crippen molar-refractivity contribution >= 4 is 17.7 Å². The minimum atomic E-state index is -0.662. The summed E-state index contributed by atoms with van der Waals surface area (Å²) in [6.07, 6.45) is 0.827. The molecule has 0 spiro atoms. The van der Waals surface area contributed by atoms with Crippen LogP contribution in [0.2, 0.25) is 0 Å². The molecule has 3 rings (SSSR count). The number of esters is 1. The second-order valence-electron chi connectivity index (χ2n) is 9.07. The molecule has 1 fully saturated rings. The molecule has 4 unspecified atom stereocenters.